The van der Waals surface area contributed by atoms with Crippen molar-refractivity contribution in [2.24, 2.45) is 0 Å². The normalized spacial score (nSPS) is 11.4. The highest BCUT2D eigenvalue weighted by molar-refractivity contribution is 7.88. The lowest BCUT2D eigenvalue weighted by molar-refractivity contribution is 0.0600. The maximum atomic E-state index is 12.7. The molecule has 0 aliphatic carbocycles. The van der Waals surface area contributed by atoms with Crippen LogP contribution in [0.5, 0.6) is 11.5 Å². The van der Waals surface area contributed by atoms with Gasteiger partial charge in [0.2, 0.25) is 21.7 Å². The lowest BCUT2D eigenvalue weighted by Gasteiger charge is -2.15. The number of sulfonamides is 1. The fraction of sp³-hybridized carbons (Fsp3) is 0.286. The summed E-state index contributed by atoms with van der Waals surface area (Å²) in [5.41, 5.74) is 1.51. The number of hydrogen-bond donors (Lipinski definition) is 0. The van der Waals surface area contributed by atoms with Crippen molar-refractivity contribution in [3.05, 3.63) is 59.5 Å². The molecule has 3 aromatic rings. The summed E-state index contributed by atoms with van der Waals surface area (Å²) in [6.07, 6.45) is 0. The van der Waals surface area contributed by atoms with Gasteiger partial charge in [-0.1, -0.05) is 17.3 Å². The van der Waals surface area contributed by atoms with Crippen molar-refractivity contribution in [3.63, 3.8) is 0 Å². The summed E-state index contributed by atoms with van der Waals surface area (Å²) in [5.74, 6) is 0.770. The van der Waals surface area contributed by atoms with Crippen LogP contribution in [0.3, 0.4) is 0 Å². The minimum absolute atomic E-state index is 0.0944. The van der Waals surface area contributed by atoms with Gasteiger partial charge in [0.1, 0.15) is 0 Å². The highest BCUT2D eigenvalue weighted by Gasteiger charge is 2.22. The molecule has 0 spiro atoms. The topological polar surface area (TPSA) is 121 Å². The molecule has 0 saturated heterocycles. The van der Waals surface area contributed by atoms with Gasteiger partial charge in [0.05, 0.1) is 39.2 Å². The summed E-state index contributed by atoms with van der Waals surface area (Å²) < 4.78 is 46.9. The largest absolute Gasteiger partial charge is 0.493 e. The Kier molecular flexibility index (Phi) is 7.11. The van der Waals surface area contributed by atoms with Crippen LogP contribution in [0.4, 0.5) is 0 Å². The second kappa shape index (κ2) is 9.79. The van der Waals surface area contributed by atoms with Crippen LogP contribution in [0.15, 0.2) is 47.0 Å². The maximum Gasteiger partial charge on any atom is 0.337 e. The quantitative estimate of drug-likeness (QED) is 0.442. The van der Waals surface area contributed by atoms with E-state index < -0.39 is 16.0 Å². The number of benzene rings is 2. The van der Waals surface area contributed by atoms with Gasteiger partial charge in [-0.25, -0.2) is 13.2 Å². The van der Waals surface area contributed by atoms with Crippen LogP contribution < -0.4 is 9.47 Å². The number of methoxy groups -OCH3 is 3. The number of aromatic nitrogens is 2. The number of ether oxygens (including phenoxy) is 3. The number of hydrogen-bond acceptors (Lipinski definition) is 9. The first-order valence-corrected chi connectivity index (χ1v) is 11.0. The fourth-order valence-corrected chi connectivity index (χ4v) is 4.02. The molecule has 1 aromatic heterocycles. The summed E-state index contributed by atoms with van der Waals surface area (Å²) in [5, 5.41) is 3.92. The molecule has 170 valence electrons. The van der Waals surface area contributed by atoms with Crippen LogP contribution in [0, 0.1) is 0 Å². The van der Waals surface area contributed by atoms with E-state index in [4.69, 9.17) is 14.0 Å². The van der Waals surface area contributed by atoms with Gasteiger partial charge in [0, 0.05) is 12.6 Å². The molecule has 1 heterocycles. The predicted octanol–water partition coefficient (Wildman–Crippen LogP) is 2.50. The predicted molar refractivity (Wildman–Crippen MR) is 115 cm³/mol. The van der Waals surface area contributed by atoms with Crippen molar-refractivity contribution >= 4 is 16.0 Å². The van der Waals surface area contributed by atoms with E-state index in [2.05, 4.69) is 14.9 Å². The minimum atomic E-state index is -3.67. The Labute approximate surface area is 185 Å². The van der Waals surface area contributed by atoms with Crippen molar-refractivity contribution in [3.8, 4) is 22.9 Å². The standard InChI is InChI=1S/C21H23N3O7S/c1-24(32(26,27)13-14-5-7-15(8-6-14)21(25)30-4)12-19-22-20(23-31-19)16-9-10-17(28-2)18(11-16)29-3/h5-11H,12-13H2,1-4H3. The summed E-state index contributed by atoms with van der Waals surface area (Å²) in [6, 6.07) is 11.3. The average Bonchev–Trinajstić information content (AvgIpc) is 3.26. The number of esters is 1. The second-order valence-electron chi connectivity index (χ2n) is 6.78. The maximum absolute atomic E-state index is 12.7. The molecule has 0 aliphatic heterocycles. The molecule has 11 heteroatoms. The lowest BCUT2D eigenvalue weighted by Crippen LogP contribution is -2.28. The van der Waals surface area contributed by atoms with E-state index in [1.165, 1.54) is 40.5 Å². The van der Waals surface area contributed by atoms with Gasteiger partial charge in [-0.15, -0.1) is 0 Å². The number of rotatable bonds is 9. The Morgan fingerprint density at radius 2 is 1.72 bits per heavy atom. The van der Waals surface area contributed by atoms with Crippen molar-refractivity contribution in [2.45, 2.75) is 12.3 Å². The molecule has 2 aromatic carbocycles. The Hall–Kier alpha value is -3.44. The Morgan fingerprint density at radius 3 is 2.34 bits per heavy atom. The lowest BCUT2D eigenvalue weighted by atomic mass is 10.1. The van der Waals surface area contributed by atoms with Gasteiger partial charge in [-0.2, -0.15) is 9.29 Å². The molecule has 3 rings (SSSR count). The van der Waals surface area contributed by atoms with E-state index in [1.807, 2.05) is 0 Å². The van der Waals surface area contributed by atoms with E-state index in [1.54, 1.807) is 30.3 Å². The van der Waals surface area contributed by atoms with Crippen LogP contribution in [0.1, 0.15) is 21.8 Å². The summed E-state index contributed by atoms with van der Waals surface area (Å²) in [6.45, 7) is -0.0944. The molecule has 10 nitrogen and oxygen atoms in total. The Morgan fingerprint density at radius 1 is 1.03 bits per heavy atom. The second-order valence-corrected chi connectivity index (χ2v) is 8.86. The van der Waals surface area contributed by atoms with Gasteiger partial charge >= 0.3 is 5.97 Å². The number of nitrogens with zero attached hydrogens (tertiary/aromatic N) is 3. The fourth-order valence-electron chi connectivity index (χ4n) is 2.88. The summed E-state index contributed by atoms with van der Waals surface area (Å²) in [7, 11) is 2.09. The molecule has 0 radical (unpaired) electrons. The smallest absolute Gasteiger partial charge is 0.337 e. The average molecular weight is 461 g/mol. The van der Waals surface area contributed by atoms with E-state index in [-0.39, 0.29) is 18.2 Å². The van der Waals surface area contributed by atoms with Crippen molar-refractivity contribution in [1.29, 1.82) is 0 Å². The molecule has 0 bridgehead atoms. The molecule has 0 fully saturated rings. The first-order valence-electron chi connectivity index (χ1n) is 9.43. The van der Waals surface area contributed by atoms with Gasteiger partial charge in [0.25, 0.3) is 0 Å². The first-order chi connectivity index (χ1) is 15.3. The molecular weight excluding hydrogens is 438 g/mol. The highest BCUT2D eigenvalue weighted by Crippen LogP contribution is 2.31. The van der Waals surface area contributed by atoms with Crippen molar-refractivity contribution in [2.75, 3.05) is 28.4 Å². The summed E-state index contributed by atoms with van der Waals surface area (Å²) >= 11 is 0. The molecule has 0 atom stereocenters. The highest BCUT2D eigenvalue weighted by atomic mass is 32.2. The zero-order valence-corrected chi connectivity index (χ0v) is 18.9. The Bertz CT molecular complexity index is 1190. The van der Waals surface area contributed by atoms with Gasteiger partial charge < -0.3 is 18.7 Å². The van der Waals surface area contributed by atoms with E-state index in [0.29, 0.717) is 34.0 Å². The molecule has 0 saturated carbocycles. The molecule has 0 amide bonds. The SMILES string of the molecule is COC(=O)c1ccc(CS(=O)(=O)N(C)Cc2nc(-c3ccc(OC)c(OC)c3)no2)cc1. The molecule has 32 heavy (non-hydrogen) atoms. The monoisotopic (exact) mass is 461 g/mol. The van der Waals surface area contributed by atoms with Crippen LogP contribution >= 0.6 is 0 Å². The van der Waals surface area contributed by atoms with Crippen LogP contribution in [0.25, 0.3) is 11.4 Å². The molecular formula is C21H23N3O7S. The molecule has 0 unspecified atom stereocenters. The zero-order chi connectivity index (χ0) is 23.3. The van der Waals surface area contributed by atoms with Crippen LogP contribution in [-0.4, -0.2) is 57.2 Å². The number of carbonyl (C=O) groups excluding carboxylic acids is 1. The van der Waals surface area contributed by atoms with E-state index >= 15 is 0 Å². The minimum Gasteiger partial charge on any atom is -0.493 e. The van der Waals surface area contributed by atoms with Gasteiger partial charge in [-0.05, 0) is 35.9 Å². The zero-order valence-electron chi connectivity index (χ0n) is 18.1. The van der Waals surface area contributed by atoms with Crippen molar-refractivity contribution in [1.82, 2.24) is 14.4 Å². The first kappa shape index (κ1) is 23.2. The van der Waals surface area contributed by atoms with E-state index in [0.717, 1.165) is 4.31 Å². The summed E-state index contributed by atoms with van der Waals surface area (Å²) in [4.78, 5) is 15.8. The van der Waals surface area contributed by atoms with Crippen LogP contribution in [-0.2, 0) is 27.1 Å². The van der Waals surface area contributed by atoms with Crippen LogP contribution in [0.2, 0.25) is 0 Å². The van der Waals surface area contributed by atoms with Crippen molar-refractivity contribution < 1.29 is 31.9 Å². The van der Waals surface area contributed by atoms with Gasteiger partial charge in [-0.3, -0.25) is 0 Å². The molecule has 0 aliphatic rings. The molecule has 0 N–H and O–H groups in total. The number of carbonyl (C=O) groups is 1. The third kappa shape index (κ3) is 5.24. The van der Waals surface area contributed by atoms with Gasteiger partial charge in [0.15, 0.2) is 11.5 Å². The third-order valence-electron chi connectivity index (χ3n) is 4.67. The third-order valence-corrected chi connectivity index (χ3v) is 6.44. The van der Waals surface area contributed by atoms with E-state index in [9.17, 15) is 13.2 Å². The Balaban J connectivity index is 1.70.